The number of halogens is 3. The molecule has 2 rings (SSSR count). The largest absolute Gasteiger partial charge is 0.387 e. The van der Waals surface area contributed by atoms with Gasteiger partial charge in [0.05, 0.1) is 9.89 Å². The van der Waals surface area contributed by atoms with Crippen LogP contribution in [0.25, 0.3) is 0 Å². The Morgan fingerprint density at radius 1 is 1.24 bits per heavy atom. The standard InChI is InChI=1S/C12H9Br2FOS/c13-8-2-1-7(9(15)6-8)5-10(16)11-3-4-12(14)17-11/h1-4,6,10,16H,5H2. The van der Waals surface area contributed by atoms with Crippen LogP contribution in [0.15, 0.2) is 38.6 Å². The number of aliphatic hydroxyl groups is 1. The van der Waals surface area contributed by atoms with Gasteiger partial charge in [-0.15, -0.1) is 11.3 Å². The van der Waals surface area contributed by atoms with Gasteiger partial charge in [-0.1, -0.05) is 22.0 Å². The number of hydrogen-bond donors (Lipinski definition) is 1. The molecule has 1 heterocycles. The lowest BCUT2D eigenvalue weighted by atomic mass is 10.1. The van der Waals surface area contributed by atoms with Crippen molar-refractivity contribution in [1.29, 1.82) is 0 Å². The maximum Gasteiger partial charge on any atom is 0.127 e. The summed E-state index contributed by atoms with van der Waals surface area (Å²) in [5.74, 6) is -0.297. The summed E-state index contributed by atoms with van der Waals surface area (Å²) in [6.45, 7) is 0. The van der Waals surface area contributed by atoms with Crippen molar-refractivity contribution in [3.05, 3.63) is 54.8 Å². The van der Waals surface area contributed by atoms with E-state index in [2.05, 4.69) is 31.9 Å². The molecule has 0 fully saturated rings. The van der Waals surface area contributed by atoms with Crippen molar-refractivity contribution in [3.8, 4) is 0 Å². The van der Waals surface area contributed by atoms with Gasteiger partial charge in [-0.2, -0.15) is 0 Å². The van der Waals surface area contributed by atoms with Crippen LogP contribution >= 0.6 is 43.2 Å². The van der Waals surface area contributed by atoms with Gasteiger partial charge in [0.1, 0.15) is 5.82 Å². The Labute approximate surface area is 120 Å². The van der Waals surface area contributed by atoms with Crippen molar-refractivity contribution >= 4 is 43.2 Å². The highest BCUT2D eigenvalue weighted by atomic mass is 79.9. The molecule has 90 valence electrons. The number of benzene rings is 1. The van der Waals surface area contributed by atoms with Crippen LogP contribution in [0.2, 0.25) is 0 Å². The molecule has 5 heteroatoms. The van der Waals surface area contributed by atoms with Gasteiger partial charge in [0.15, 0.2) is 0 Å². The second kappa shape index (κ2) is 5.61. The molecule has 1 unspecified atom stereocenters. The fourth-order valence-corrected chi connectivity index (χ4v) is 3.25. The summed E-state index contributed by atoms with van der Waals surface area (Å²) < 4.78 is 15.2. The highest BCUT2D eigenvalue weighted by molar-refractivity contribution is 9.11. The topological polar surface area (TPSA) is 20.2 Å². The quantitative estimate of drug-likeness (QED) is 0.820. The van der Waals surface area contributed by atoms with Crippen molar-refractivity contribution in [2.75, 3.05) is 0 Å². The fraction of sp³-hybridized carbons (Fsp3) is 0.167. The third-order valence-electron chi connectivity index (χ3n) is 2.35. The Morgan fingerprint density at radius 2 is 2.00 bits per heavy atom. The predicted molar refractivity (Wildman–Crippen MR) is 74.8 cm³/mol. The zero-order chi connectivity index (χ0) is 12.4. The molecule has 1 nitrogen and oxygen atoms in total. The lowest BCUT2D eigenvalue weighted by Crippen LogP contribution is -2.01. The van der Waals surface area contributed by atoms with Gasteiger partial charge in [-0.3, -0.25) is 0 Å². The molecular formula is C12H9Br2FOS. The molecule has 1 N–H and O–H groups in total. The molecule has 0 spiro atoms. The van der Waals surface area contributed by atoms with Crippen LogP contribution < -0.4 is 0 Å². The van der Waals surface area contributed by atoms with Gasteiger partial charge in [0.2, 0.25) is 0 Å². The van der Waals surface area contributed by atoms with Crippen molar-refractivity contribution in [2.24, 2.45) is 0 Å². The van der Waals surface area contributed by atoms with Gasteiger partial charge in [-0.05, 0) is 45.8 Å². The molecule has 0 aliphatic carbocycles. The monoisotopic (exact) mass is 378 g/mol. The first-order valence-electron chi connectivity index (χ1n) is 4.93. The van der Waals surface area contributed by atoms with E-state index in [1.54, 1.807) is 12.1 Å². The molecule has 2 aromatic rings. The summed E-state index contributed by atoms with van der Waals surface area (Å²) >= 11 is 8.00. The van der Waals surface area contributed by atoms with E-state index in [9.17, 15) is 9.50 Å². The normalized spacial score (nSPS) is 12.7. The smallest absolute Gasteiger partial charge is 0.127 e. The minimum absolute atomic E-state index is 0.284. The van der Waals surface area contributed by atoms with E-state index in [1.165, 1.54) is 17.4 Å². The number of hydrogen-bond acceptors (Lipinski definition) is 2. The Hall–Kier alpha value is -0.230. The molecule has 0 aliphatic rings. The van der Waals surface area contributed by atoms with Gasteiger partial charge in [0.25, 0.3) is 0 Å². The Balaban J connectivity index is 2.15. The van der Waals surface area contributed by atoms with Crippen LogP contribution in [0.3, 0.4) is 0 Å². The average molecular weight is 380 g/mol. The van der Waals surface area contributed by atoms with E-state index in [0.717, 1.165) is 8.66 Å². The van der Waals surface area contributed by atoms with E-state index < -0.39 is 6.10 Å². The van der Waals surface area contributed by atoms with Crippen LogP contribution in [0.5, 0.6) is 0 Å². The summed E-state index contributed by atoms with van der Waals surface area (Å²) in [7, 11) is 0. The zero-order valence-corrected chi connectivity index (χ0v) is 12.6. The number of thiophene rings is 1. The minimum Gasteiger partial charge on any atom is -0.387 e. The molecule has 17 heavy (non-hydrogen) atoms. The molecule has 1 atom stereocenters. The molecular weight excluding hydrogens is 371 g/mol. The van der Waals surface area contributed by atoms with Crippen molar-refractivity contribution in [3.63, 3.8) is 0 Å². The first-order valence-corrected chi connectivity index (χ1v) is 7.34. The van der Waals surface area contributed by atoms with E-state index in [1.807, 2.05) is 12.1 Å². The summed E-state index contributed by atoms with van der Waals surface area (Å²) in [4.78, 5) is 0.833. The Morgan fingerprint density at radius 3 is 2.59 bits per heavy atom. The van der Waals surface area contributed by atoms with Gasteiger partial charge < -0.3 is 5.11 Å². The van der Waals surface area contributed by atoms with E-state index in [4.69, 9.17) is 0 Å². The summed E-state index contributed by atoms with van der Waals surface area (Å²) in [6, 6.07) is 8.59. The Bertz CT molecular complexity index is 527. The highest BCUT2D eigenvalue weighted by Gasteiger charge is 2.13. The summed E-state index contributed by atoms with van der Waals surface area (Å²) in [5, 5.41) is 9.99. The second-order valence-electron chi connectivity index (χ2n) is 3.60. The van der Waals surface area contributed by atoms with E-state index in [0.29, 0.717) is 10.0 Å². The predicted octanol–water partition coefficient (Wildman–Crippen LogP) is 4.69. The van der Waals surface area contributed by atoms with Gasteiger partial charge in [-0.25, -0.2) is 4.39 Å². The fourth-order valence-electron chi connectivity index (χ4n) is 1.50. The van der Waals surface area contributed by atoms with Crippen LogP contribution in [0.4, 0.5) is 4.39 Å². The van der Waals surface area contributed by atoms with Gasteiger partial charge in [0, 0.05) is 15.8 Å². The molecule has 0 amide bonds. The molecule has 0 radical (unpaired) electrons. The first-order chi connectivity index (χ1) is 8.06. The molecule has 1 aromatic carbocycles. The second-order valence-corrected chi connectivity index (χ2v) is 7.01. The lowest BCUT2D eigenvalue weighted by Gasteiger charge is -2.09. The summed E-state index contributed by atoms with van der Waals surface area (Å²) in [6.07, 6.45) is -0.381. The lowest BCUT2D eigenvalue weighted by molar-refractivity contribution is 0.181. The van der Waals surface area contributed by atoms with Gasteiger partial charge >= 0.3 is 0 Å². The molecule has 0 aliphatic heterocycles. The highest BCUT2D eigenvalue weighted by Crippen LogP contribution is 2.30. The SMILES string of the molecule is OC(Cc1ccc(Br)cc1F)c1ccc(Br)s1. The van der Waals surface area contributed by atoms with Crippen LogP contribution in [-0.4, -0.2) is 5.11 Å². The maximum atomic E-state index is 13.6. The van der Waals surface area contributed by atoms with E-state index in [-0.39, 0.29) is 12.2 Å². The third-order valence-corrected chi connectivity index (χ3v) is 4.57. The Kier molecular flexibility index (Phi) is 4.36. The minimum atomic E-state index is -0.665. The maximum absolute atomic E-state index is 13.6. The molecule has 0 saturated carbocycles. The molecule has 0 bridgehead atoms. The molecule has 1 aromatic heterocycles. The van der Waals surface area contributed by atoms with Crippen LogP contribution in [-0.2, 0) is 6.42 Å². The van der Waals surface area contributed by atoms with Crippen molar-refractivity contribution < 1.29 is 9.50 Å². The van der Waals surface area contributed by atoms with E-state index >= 15 is 0 Å². The van der Waals surface area contributed by atoms with Crippen LogP contribution in [0, 0.1) is 5.82 Å². The molecule has 0 saturated heterocycles. The number of rotatable bonds is 3. The van der Waals surface area contributed by atoms with Crippen LogP contribution in [0.1, 0.15) is 16.5 Å². The van der Waals surface area contributed by atoms with Crippen molar-refractivity contribution in [2.45, 2.75) is 12.5 Å². The number of aliphatic hydroxyl groups excluding tert-OH is 1. The average Bonchev–Trinajstić information content (AvgIpc) is 2.69. The summed E-state index contributed by atoms with van der Waals surface area (Å²) in [5.41, 5.74) is 0.519. The zero-order valence-electron chi connectivity index (χ0n) is 8.66. The first kappa shape index (κ1) is 13.2. The third kappa shape index (κ3) is 3.37. The van der Waals surface area contributed by atoms with Crippen molar-refractivity contribution in [1.82, 2.24) is 0 Å².